The summed E-state index contributed by atoms with van der Waals surface area (Å²) in [5.74, 6) is -2.45. The number of hydrogen-bond acceptors (Lipinski definition) is 6. The minimum Gasteiger partial charge on any atom is -0.315 e. The molecule has 0 aliphatic rings. The molecule has 1 N–H and O–H groups in total. The zero-order valence-corrected chi connectivity index (χ0v) is 14.0. The second-order valence-electron chi connectivity index (χ2n) is 5.51. The van der Waals surface area contributed by atoms with Crippen LogP contribution < -0.4 is 10.9 Å². The third-order valence-corrected chi connectivity index (χ3v) is 4.62. The summed E-state index contributed by atoms with van der Waals surface area (Å²) >= 11 is 1.02. The molecule has 0 radical (unpaired) electrons. The fraction of sp³-hybridized carbons (Fsp3) is 0.133. The molecule has 4 aromatic rings. The van der Waals surface area contributed by atoms with Gasteiger partial charge in [0, 0.05) is 13.1 Å². The van der Waals surface area contributed by atoms with Crippen LogP contribution >= 0.6 is 11.3 Å². The lowest BCUT2D eigenvalue weighted by molar-refractivity contribution is -0.116. The number of imidazole rings is 1. The van der Waals surface area contributed by atoms with Crippen molar-refractivity contribution in [1.29, 1.82) is 0 Å². The maximum atomic E-state index is 13.3. The molecule has 0 aliphatic heterocycles. The highest BCUT2D eigenvalue weighted by molar-refractivity contribution is 7.22. The minimum absolute atomic E-state index is 0.184. The van der Waals surface area contributed by atoms with Gasteiger partial charge in [-0.15, -0.1) is 0 Å². The summed E-state index contributed by atoms with van der Waals surface area (Å²) in [7, 11) is 1.55. The van der Waals surface area contributed by atoms with E-state index in [1.165, 1.54) is 21.8 Å². The number of carbonyl (C=O) groups is 1. The second kappa shape index (κ2) is 5.95. The normalized spacial score (nSPS) is 11.3. The molecule has 26 heavy (non-hydrogen) atoms. The molecule has 4 rings (SSSR count). The van der Waals surface area contributed by atoms with Crippen molar-refractivity contribution in [2.24, 2.45) is 7.05 Å². The van der Waals surface area contributed by atoms with Gasteiger partial charge in [0.1, 0.15) is 6.54 Å². The highest BCUT2D eigenvalue weighted by Crippen LogP contribution is 2.27. The molecule has 0 bridgehead atoms. The first kappa shape index (κ1) is 16.3. The molecule has 0 saturated carbocycles. The van der Waals surface area contributed by atoms with Gasteiger partial charge in [0.2, 0.25) is 5.91 Å². The molecule has 11 heteroatoms. The van der Waals surface area contributed by atoms with E-state index in [9.17, 15) is 18.4 Å². The van der Waals surface area contributed by atoms with Crippen LogP contribution in [0.25, 0.3) is 21.4 Å². The van der Waals surface area contributed by atoms with E-state index in [2.05, 4.69) is 20.3 Å². The van der Waals surface area contributed by atoms with E-state index < -0.39 is 17.5 Å². The summed E-state index contributed by atoms with van der Waals surface area (Å²) in [5, 5.41) is 2.75. The first-order chi connectivity index (χ1) is 12.4. The summed E-state index contributed by atoms with van der Waals surface area (Å²) in [6.07, 6.45) is 2.70. The number of rotatable bonds is 3. The molecule has 0 atom stereocenters. The average Bonchev–Trinajstić information content (AvgIpc) is 3.15. The fourth-order valence-electron chi connectivity index (χ4n) is 2.46. The Morgan fingerprint density at radius 3 is 2.77 bits per heavy atom. The van der Waals surface area contributed by atoms with E-state index in [1.807, 2.05) is 0 Å². The Labute approximate surface area is 147 Å². The predicted molar refractivity (Wildman–Crippen MR) is 90.9 cm³/mol. The zero-order chi connectivity index (χ0) is 18.4. The van der Waals surface area contributed by atoms with Crippen LogP contribution in [-0.2, 0) is 18.4 Å². The van der Waals surface area contributed by atoms with E-state index >= 15 is 0 Å². The molecule has 3 aromatic heterocycles. The van der Waals surface area contributed by atoms with E-state index in [1.54, 1.807) is 7.05 Å². The van der Waals surface area contributed by atoms with Crippen LogP contribution in [0.4, 0.5) is 13.9 Å². The van der Waals surface area contributed by atoms with Gasteiger partial charge in [-0.1, -0.05) is 11.3 Å². The van der Waals surface area contributed by atoms with Gasteiger partial charge in [-0.3, -0.25) is 9.59 Å². The maximum absolute atomic E-state index is 13.3. The second-order valence-corrected chi connectivity index (χ2v) is 6.54. The number of aromatic nitrogens is 5. The Hall–Kier alpha value is -3.21. The molecule has 1 amide bonds. The largest absolute Gasteiger partial charge is 0.315 e. The van der Waals surface area contributed by atoms with Crippen LogP contribution in [0.5, 0.6) is 0 Å². The van der Waals surface area contributed by atoms with Gasteiger partial charge in [0.25, 0.3) is 5.56 Å². The highest BCUT2D eigenvalue weighted by Gasteiger charge is 2.15. The van der Waals surface area contributed by atoms with Gasteiger partial charge in [0.05, 0.1) is 22.9 Å². The van der Waals surface area contributed by atoms with Crippen LogP contribution in [0, 0.1) is 11.6 Å². The number of aryl methyl sites for hydroxylation is 1. The number of thiazole rings is 1. The van der Waals surface area contributed by atoms with Gasteiger partial charge < -0.3 is 14.5 Å². The van der Waals surface area contributed by atoms with Crippen LogP contribution in [0.15, 0.2) is 29.6 Å². The molecule has 0 spiro atoms. The third kappa shape index (κ3) is 2.71. The molecular weight excluding hydrogens is 366 g/mol. The molecular formula is C15H10F2N6O2S. The Balaban J connectivity index is 1.60. The number of nitrogens with one attached hydrogen (secondary N) is 1. The number of hydrogen-bond donors (Lipinski definition) is 1. The Morgan fingerprint density at radius 2 is 1.96 bits per heavy atom. The minimum atomic E-state index is -1.01. The first-order valence-corrected chi connectivity index (χ1v) is 8.16. The third-order valence-electron chi connectivity index (χ3n) is 3.69. The smallest absolute Gasteiger partial charge is 0.279 e. The number of amides is 1. The fourth-order valence-corrected chi connectivity index (χ4v) is 3.34. The Kier molecular flexibility index (Phi) is 3.72. The molecule has 0 unspecified atom stereocenters. The van der Waals surface area contributed by atoms with Crippen molar-refractivity contribution in [3.63, 3.8) is 0 Å². The maximum Gasteiger partial charge on any atom is 0.279 e. The molecule has 0 aliphatic carbocycles. The lowest BCUT2D eigenvalue weighted by Gasteiger charge is -2.04. The monoisotopic (exact) mass is 376 g/mol. The highest BCUT2D eigenvalue weighted by atomic mass is 32.1. The number of halogens is 2. The summed E-state index contributed by atoms with van der Waals surface area (Å²) in [6.45, 7) is -0.184. The number of benzene rings is 1. The van der Waals surface area contributed by atoms with Crippen molar-refractivity contribution in [3.05, 3.63) is 46.8 Å². The molecule has 0 fully saturated rings. The SMILES string of the molecule is Cn1cnc2ncn(CC(=O)Nc3nc4cc(F)c(F)cc4s3)c2c1=O. The summed E-state index contributed by atoms with van der Waals surface area (Å²) < 4.78 is 29.6. The summed E-state index contributed by atoms with van der Waals surface area (Å²) in [4.78, 5) is 36.5. The Bertz CT molecular complexity index is 1190. The van der Waals surface area contributed by atoms with Gasteiger partial charge in [-0.05, 0) is 6.07 Å². The van der Waals surface area contributed by atoms with E-state index in [4.69, 9.17) is 0 Å². The van der Waals surface area contributed by atoms with E-state index in [0.717, 1.165) is 23.5 Å². The van der Waals surface area contributed by atoms with Crippen molar-refractivity contribution in [3.8, 4) is 0 Å². The summed E-state index contributed by atoms with van der Waals surface area (Å²) in [5.41, 5.74) is 0.368. The van der Waals surface area contributed by atoms with Crippen LogP contribution in [0.2, 0.25) is 0 Å². The lowest BCUT2D eigenvalue weighted by Crippen LogP contribution is -2.23. The number of anilines is 1. The van der Waals surface area contributed by atoms with Crippen LogP contribution in [-0.4, -0.2) is 30.0 Å². The van der Waals surface area contributed by atoms with Crippen molar-refractivity contribution in [2.45, 2.75) is 6.54 Å². The van der Waals surface area contributed by atoms with E-state index in [0.29, 0.717) is 4.70 Å². The zero-order valence-electron chi connectivity index (χ0n) is 13.2. The van der Waals surface area contributed by atoms with Crippen molar-refractivity contribution < 1.29 is 13.6 Å². The summed E-state index contributed by atoms with van der Waals surface area (Å²) in [6, 6.07) is 1.99. The number of fused-ring (bicyclic) bond motifs is 2. The molecule has 8 nitrogen and oxygen atoms in total. The van der Waals surface area contributed by atoms with Gasteiger partial charge >= 0.3 is 0 Å². The van der Waals surface area contributed by atoms with Gasteiger partial charge in [-0.2, -0.15) is 0 Å². The topological polar surface area (TPSA) is 94.7 Å². The standard InChI is InChI=1S/C15H10F2N6O2S/c1-22-5-18-13-12(14(22)25)23(6-19-13)4-11(24)21-15-20-9-2-7(16)8(17)3-10(9)26-15/h2-3,5-6H,4H2,1H3,(H,20,21,24). The number of nitrogens with zero attached hydrogens (tertiary/aromatic N) is 5. The first-order valence-electron chi connectivity index (χ1n) is 7.34. The van der Waals surface area contributed by atoms with E-state index in [-0.39, 0.29) is 33.9 Å². The van der Waals surface area contributed by atoms with Gasteiger partial charge in [0.15, 0.2) is 27.9 Å². The van der Waals surface area contributed by atoms with Crippen molar-refractivity contribution in [2.75, 3.05) is 5.32 Å². The van der Waals surface area contributed by atoms with Gasteiger partial charge in [-0.25, -0.2) is 23.7 Å². The average molecular weight is 376 g/mol. The van der Waals surface area contributed by atoms with Crippen molar-refractivity contribution in [1.82, 2.24) is 24.1 Å². The number of carbonyl (C=O) groups excluding carboxylic acids is 1. The molecule has 3 heterocycles. The lowest BCUT2D eigenvalue weighted by atomic mass is 10.3. The molecule has 1 aromatic carbocycles. The van der Waals surface area contributed by atoms with Crippen LogP contribution in [0.3, 0.4) is 0 Å². The van der Waals surface area contributed by atoms with Crippen LogP contribution in [0.1, 0.15) is 0 Å². The van der Waals surface area contributed by atoms with Crippen molar-refractivity contribution >= 4 is 43.8 Å². The predicted octanol–water partition coefficient (Wildman–Crippen LogP) is 1.66. The molecule has 0 saturated heterocycles. The Morgan fingerprint density at radius 1 is 1.23 bits per heavy atom. The quantitative estimate of drug-likeness (QED) is 0.587. The molecule has 132 valence electrons.